The van der Waals surface area contributed by atoms with Gasteiger partial charge in [0.15, 0.2) is 0 Å². The van der Waals surface area contributed by atoms with E-state index in [1.54, 1.807) is 18.3 Å². The zero-order valence-electron chi connectivity index (χ0n) is 14.2. The van der Waals surface area contributed by atoms with Crippen molar-refractivity contribution in [3.63, 3.8) is 0 Å². The molecule has 0 aliphatic carbocycles. The lowest BCUT2D eigenvalue weighted by Gasteiger charge is -2.11. The monoisotopic (exact) mass is 430 g/mol. The quantitative estimate of drug-likeness (QED) is 0.531. The third-order valence-corrected chi connectivity index (χ3v) is 4.39. The molecule has 1 aliphatic rings. The Morgan fingerprint density at radius 2 is 2.00 bits per heavy atom. The van der Waals surface area contributed by atoms with E-state index in [4.69, 9.17) is 9.47 Å². The van der Waals surface area contributed by atoms with Crippen LogP contribution in [0.5, 0.6) is 5.75 Å². The predicted molar refractivity (Wildman–Crippen MR) is 104 cm³/mol. The molecule has 0 radical (unpaired) electrons. The zero-order valence-corrected chi connectivity index (χ0v) is 15.7. The summed E-state index contributed by atoms with van der Waals surface area (Å²) in [6.45, 7) is 1.12. The van der Waals surface area contributed by atoms with Gasteiger partial charge in [0, 0.05) is 18.0 Å². The van der Waals surface area contributed by atoms with E-state index in [0.717, 1.165) is 5.69 Å². The number of ether oxygens (including phenoxy) is 2. The summed E-state index contributed by atoms with van der Waals surface area (Å²) >= 11 is 3.42. The van der Waals surface area contributed by atoms with Crippen LogP contribution in [0, 0.1) is 5.82 Å². The fourth-order valence-electron chi connectivity index (χ4n) is 2.33. The Morgan fingerprint density at radius 1 is 1.19 bits per heavy atom. The normalized spacial score (nSPS) is 15.3. The van der Waals surface area contributed by atoms with Gasteiger partial charge in [0.1, 0.15) is 30.1 Å². The van der Waals surface area contributed by atoms with Crippen molar-refractivity contribution in [2.75, 3.05) is 23.8 Å². The van der Waals surface area contributed by atoms with Crippen molar-refractivity contribution in [2.45, 2.75) is 6.10 Å². The van der Waals surface area contributed by atoms with Crippen molar-refractivity contribution < 1.29 is 13.9 Å². The van der Waals surface area contributed by atoms with Gasteiger partial charge in [-0.05, 0) is 40.2 Å². The minimum absolute atomic E-state index is 0.123. The second-order valence-electron chi connectivity index (χ2n) is 5.91. The highest BCUT2D eigenvalue weighted by Crippen LogP contribution is 2.27. The molecule has 1 atom stereocenters. The Morgan fingerprint density at radius 3 is 2.74 bits per heavy atom. The molecule has 1 unspecified atom stereocenters. The van der Waals surface area contributed by atoms with Crippen molar-refractivity contribution in [1.29, 1.82) is 0 Å². The molecule has 2 N–H and O–H groups in total. The van der Waals surface area contributed by atoms with E-state index in [9.17, 15) is 4.39 Å². The molecule has 8 heteroatoms. The molecule has 3 aromatic rings. The molecular weight excluding hydrogens is 415 g/mol. The van der Waals surface area contributed by atoms with Gasteiger partial charge in [-0.3, -0.25) is 0 Å². The molecule has 1 aliphatic heterocycles. The van der Waals surface area contributed by atoms with Crippen LogP contribution in [0.4, 0.5) is 27.5 Å². The van der Waals surface area contributed by atoms with E-state index in [1.807, 2.05) is 30.3 Å². The third kappa shape index (κ3) is 4.72. The maximum atomic E-state index is 14.3. The lowest BCUT2D eigenvalue weighted by atomic mass is 10.3. The maximum Gasteiger partial charge on any atom is 0.229 e. The summed E-state index contributed by atoms with van der Waals surface area (Å²) in [5, 5.41) is 6.08. The van der Waals surface area contributed by atoms with Gasteiger partial charge in [0.2, 0.25) is 5.95 Å². The topological polar surface area (TPSA) is 71.6 Å². The van der Waals surface area contributed by atoms with E-state index in [-0.39, 0.29) is 17.7 Å². The standard InChI is InChI=1S/C19H16BrFN4O2/c20-15-9-22-19(25-18(15)23-12-4-2-1-3-5-12)24-17-7-6-13(8-16(17)21)26-10-14-11-27-14/h1-9,14H,10-11H2,(H2,22,23,24,25). The van der Waals surface area contributed by atoms with Gasteiger partial charge in [-0.25, -0.2) is 9.37 Å². The number of benzene rings is 2. The van der Waals surface area contributed by atoms with Crippen molar-refractivity contribution in [3.05, 3.63) is 65.0 Å². The van der Waals surface area contributed by atoms with Crippen LogP contribution < -0.4 is 15.4 Å². The van der Waals surface area contributed by atoms with Gasteiger partial charge >= 0.3 is 0 Å². The summed E-state index contributed by atoms with van der Waals surface area (Å²) in [7, 11) is 0. The summed E-state index contributed by atoms with van der Waals surface area (Å²) in [5.74, 6) is 0.851. The van der Waals surface area contributed by atoms with Crippen LogP contribution >= 0.6 is 15.9 Å². The highest BCUT2D eigenvalue weighted by Gasteiger charge is 2.23. The first-order valence-electron chi connectivity index (χ1n) is 8.33. The van der Waals surface area contributed by atoms with Crippen molar-refractivity contribution >= 4 is 39.1 Å². The number of hydrogen-bond donors (Lipinski definition) is 2. The van der Waals surface area contributed by atoms with E-state index in [2.05, 4.69) is 36.5 Å². The summed E-state index contributed by atoms with van der Waals surface area (Å²) in [6, 6.07) is 14.2. The average molecular weight is 431 g/mol. The molecule has 0 saturated carbocycles. The summed E-state index contributed by atoms with van der Waals surface area (Å²) in [4.78, 5) is 8.58. The van der Waals surface area contributed by atoms with Crippen LogP contribution in [0.15, 0.2) is 59.2 Å². The third-order valence-electron chi connectivity index (χ3n) is 3.81. The highest BCUT2D eigenvalue weighted by molar-refractivity contribution is 9.10. The van der Waals surface area contributed by atoms with Gasteiger partial charge < -0.3 is 20.1 Å². The second kappa shape index (κ2) is 7.89. The number of epoxide rings is 1. The number of nitrogens with one attached hydrogen (secondary N) is 2. The Hall–Kier alpha value is -2.71. The molecule has 0 amide bonds. The van der Waals surface area contributed by atoms with Crippen LogP contribution in [-0.4, -0.2) is 29.3 Å². The lowest BCUT2D eigenvalue weighted by Crippen LogP contribution is -2.05. The first kappa shape index (κ1) is 17.7. The fraction of sp³-hybridized carbons (Fsp3) is 0.158. The largest absolute Gasteiger partial charge is 0.491 e. The molecule has 2 heterocycles. The van der Waals surface area contributed by atoms with E-state index in [0.29, 0.717) is 29.3 Å². The van der Waals surface area contributed by atoms with Crippen LogP contribution in [0.2, 0.25) is 0 Å². The maximum absolute atomic E-state index is 14.3. The molecule has 4 rings (SSSR count). The van der Waals surface area contributed by atoms with Gasteiger partial charge in [-0.2, -0.15) is 4.98 Å². The minimum Gasteiger partial charge on any atom is -0.491 e. The first-order chi connectivity index (χ1) is 13.2. The number of anilines is 4. The van der Waals surface area contributed by atoms with Gasteiger partial charge in [-0.15, -0.1) is 0 Å². The predicted octanol–water partition coefficient (Wildman–Crippen LogP) is 4.64. The fourth-order valence-corrected chi connectivity index (χ4v) is 2.62. The minimum atomic E-state index is -0.451. The molecule has 0 spiro atoms. The zero-order chi connectivity index (χ0) is 18.6. The van der Waals surface area contributed by atoms with E-state index >= 15 is 0 Å². The molecular formula is C19H16BrFN4O2. The molecule has 1 fully saturated rings. The van der Waals surface area contributed by atoms with E-state index in [1.165, 1.54) is 6.07 Å². The molecule has 27 heavy (non-hydrogen) atoms. The lowest BCUT2D eigenvalue weighted by molar-refractivity contribution is 0.262. The number of para-hydroxylation sites is 1. The van der Waals surface area contributed by atoms with Crippen LogP contribution in [0.3, 0.4) is 0 Å². The Balaban J connectivity index is 1.47. The number of nitrogens with zero attached hydrogens (tertiary/aromatic N) is 2. The molecule has 1 saturated heterocycles. The summed E-state index contributed by atoms with van der Waals surface area (Å²) < 4.78 is 25.6. The summed E-state index contributed by atoms with van der Waals surface area (Å²) in [6.07, 6.45) is 1.73. The van der Waals surface area contributed by atoms with Crippen molar-refractivity contribution in [3.8, 4) is 5.75 Å². The number of aromatic nitrogens is 2. The molecule has 138 valence electrons. The SMILES string of the molecule is Fc1cc(OCC2CO2)ccc1Nc1ncc(Br)c(Nc2ccccc2)n1. The smallest absolute Gasteiger partial charge is 0.229 e. The Kier molecular flexibility index (Phi) is 5.17. The van der Waals surface area contributed by atoms with Gasteiger partial charge in [0.05, 0.1) is 16.8 Å². The van der Waals surface area contributed by atoms with Gasteiger partial charge in [-0.1, -0.05) is 18.2 Å². The molecule has 6 nitrogen and oxygen atoms in total. The van der Waals surface area contributed by atoms with Crippen molar-refractivity contribution in [2.24, 2.45) is 0 Å². The molecule has 0 bridgehead atoms. The number of rotatable bonds is 7. The second-order valence-corrected chi connectivity index (χ2v) is 6.77. The highest BCUT2D eigenvalue weighted by atomic mass is 79.9. The molecule has 1 aromatic heterocycles. The Bertz CT molecular complexity index is 938. The Labute approximate surface area is 163 Å². The van der Waals surface area contributed by atoms with Gasteiger partial charge in [0.25, 0.3) is 0 Å². The number of halogens is 2. The molecule has 2 aromatic carbocycles. The average Bonchev–Trinajstić information content (AvgIpc) is 3.50. The first-order valence-corrected chi connectivity index (χ1v) is 9.12. The van der Waals surface area contributed by atoms with Crippen LogP contribution in [0.1, 0.15) is 0 Å². The van der Waals surface area contributed by atoms with E-state index < -0.39 is 5.82 Å². The van der Waals surface area contributed by atoms with Crippen LogP contribution in [0.25, 0.3) is 0 Å². The summed E-state index contributed by atoms with van der Waals surface area (Å²) in [5.41, 5.74) is 1.15. The van der Waals surface area contributed by atoms with Crippen LogP contribution in [-0.2, 0) is 4.74 Å². The van der Waals surface area contributed by atoms with Crippen molar-refractivity contribution in [1.82, 2.24) is 9.97 Å². The number of hydrogen-bond acceptors (Lipinski definition) is 6.